The molecule has 0 bridgehead atoms. The number of unbranched alkanes of at least 4 members (excludes halogenated alkanes) is 4. The molecule has 0 saturated heterocycles. The Morgan fingerprint density at radius 3 is 2.30 bits per heavy atom. The average Bonchev–Trinajstić information content (AvgIpc) is 2.35. The second-order valence-corrected chi connectivity index (χ2v) is 6.07. The van der Waals surface area contributed by atoms with Crippen molar-refractivity contribution < 1.29 is 14.6 Å². The molecule has 0 radical (unpaired) electrons. The molecule has 4 heteroatoms. The lowest BCUT2D eigenvalue weighted by atomic mass is 9.95. The van der Waals surface area contributed by atoms with Crippen LogP contribution in [0.15, 0.2) is 0 Å². The number of hydrogen-bond acceptors (Lipinski definition) is 3. The largest absolute Gasteiger partial charge is 0.480 e. The predicted octanol–water partition coefficient (Wildman–Crippen LogP) is 3.59. The molecule has 0 aliphatic carbocycles. The Balaban J connectivity index is 3.67. The summed E-state index contributed by atoms with van der Waals surface area (Å²) in [6.45, 7) is 9.34. The van der Waals surface area contributed by atoms with Crippen molar-refractivity contribution in [1.82, 2.24) is 5.32 Å². The van der Waals surface area contributed by atoms with E-state index in [1.165, 1.54) is 25.7 Å². The van der Waals surface area contributed by atoms with Crippen molar-refractivity contribution in [2.45, 2.75) is 84.2 Å². The molecule has 0 aliphatic heterocycles. The smallest absolute Gasteiger partial charge is 0.323 e. The number of carboxylic acids is 1. The summed E-state index contributed by atoms with van der Waals surface area (Å²) in [6.07, 6.45) is 7.56. The normalized spacial score (nSPS) is 14.4. The van der Waals surface area contributed by atoms with E-state index in [1.54, 1.807) is 6.92 Å². The molecule has 1 unspecified atom stereocenters. The summed E-state index contributed by atoms with van der Waals surface area (Å²) in [6, 6.07) is 0.163. The standard InChI is InChI=1S/C16H33NO3/c1-5-6-7-8-9-12-20-13-10-11-16(4,15(18)19)17-14(2)3/h14,17H,5-13H2,1-4H3,(H,18,19). The molecule has 0 rings (SSSR count). The van der Waals surface area contributed by atoms with E-state index in [-0.39, 0.29) is 6.04 Å². The van der Waals surface area contributed by atoms with Gasteiger partial charge >= 0.3 is 5.97 Å². The zero-order valence-electron chi connectivity index (χ0n) is 13.7. The van der Waals surface area contributed by atoms with E-state index in [2.05, 4.69) is 12.2 Å². The van der Waals surface area contributed by atoms with Crippen LogP contribution >= 0.6 is 0 Å². The zero-order chi connectivity index (χ0) is 15.4. The minimum Gasteiger partial charge on any atom is -0.480 e. The van der Waals surface area contributed by atoms with Gasteiger partial charge in [-0.15, -0.1) is 0 Å². The number of rotatable bonds is 13. The first-order valence-electron chi connectivity index (χ1n) is 8.01. The molecule has 1 atom stereocenters. The van der Waals surface area contributed by atoms with Gasteiger partial charge in [-0.05, 0) is 40.0 Å². The quantitative estimate of drug-likeness (QED) is 0.508. The third-order valence-electron chi connectivity index (χ3n) is 3.44. The van der Waals surface area contributed by atoms with Gasteiger partial charge in [0.15, 0.2) is 0 Å². The fourth-order valence-electron chi connectivity index (χ4n) is 2.32. The van der Waals surface area contributed by atoms with E-state index < -0.39 is 11.5 Å². The van der Waals surface area contributed by atoms with E-state index in [0.717, 1.165) is 19.4 Å². The number of carboxylic acid groups (broad SMARTS) is 1. The van der Waals surface area contributed by atoms with Crippen LogP contribution < -0.4 is 5.32 Å². The van der Waals surface area contributed by atoms with Crippen molar-refractivity contribution in [3.63, 3.8) is 0 Å². The van der Waals surface area contributed by atoms with Crippen molar-refractivity contribution >= 4 is 5.97 Å². The van der Waals surface area contributed by atoms with Gasteiger partial charge in [-0.2, -0.15) is 0 Å². The van der Waals surface area contributed by atoms with E-state index in [4.69, 9.17) is 4.74 Å². The molecule has 0 aromatic rings. The molecule has 0 amide bonds. The second kappa shape index (κ2) is 11.1. The second-order valence-electron chi connectivity index (χ2n) is 6.07. The SMILES string of the molecule is CCCCCCCOCCCC(C)(NC(C)C)C(=O)O. The fourth-order valence-corrected chi connectivity index (χ4v) is 2.32. The first-order valence-corrected chi connectivity index (χ1v) is 8.01. The van der Waals surface area contributed by atoms with Gasteiger partial charge in [0.25, 0.3) is 0 Å². The van der Waals surface area contributed by atoms with Gasteiger partial charge in [-0.1, -0.05) is 32.6 Å². The monoisotopic (exact) mass is 287 g/mol. The summed E-state index contributed by atoms with van der Waals surface area (Å²) in [7, 11) is 0. The molecule has 0 heterocycles. The van der Waals surface area contributed by atoms with Crippen LogP contribution in [0.1, 0.15) is 72.6 Å². The summed E-state index contributed by atoms with van der Waals surface area (Å²) in [4.78, 5) is 11.3. The molecule has 0 saturated carbocycles. The lowest BCUT2D eigenvalue weighted by molar-refractivity contribution is -0.144. The molecule has 0 fully saturated rings. The lowest BCUT2D eigenvalue weighted by Gasteiger charge is -2.28. The molecule has 0 aromatic carbocycles. The molecule has 4 nitrogen and oxygen atoms in total. The minimum absolute atomic E-state index is 0.163. The predicted molar refractivity (Wildman–Crippen MR) is 83.1 cm³/mol. The van der Waals surface area contributed by atoms with Gasteiger partial charge < -0.3 is 9.84 Å². The van der Waals surface area contributed by atoms with Crippen LogP contribution in [0.5, 0.6) is 0 Å². The van der Waals surface area contributed by atoms with Crippen molar-refractivity contribution in [2.75, 3.05) is 13.2 Å². The van der Waals surface area contributed by atoms with Gasteiger partial charge in [0, 0.05) is 19.3 Å². The summed E-state index contributed by atoms with van der Waals surface area (Å²) in [5.41, 5.74) is -0.849. The lowest BCUT2D eigenvalue weighted by Crippen LogP contribution is -2.52. The topological polar surface area (TPSA) is 58.6 Å². The van der Waals surface area contributed by atoms with Crippen molar-refractivity contribution in [2.24, 2.45) is 0 Å². The Morgan fingerprint density at radius 2 is 1.75 bits per heavy atom. The number of hydrogen-bond donors (Lipinski definition) is 2. The summed E-state index contributed by atoms with van der Waals surface area (Å²) < 4.78 is 5.57. The Hall–Kier alpha value is -0.610. The van der Waals surface area contributed by atoms with Crippen molar-refractivity contribution in [1.29, 1.82) is 0 Å². The highest BCUT2D eigenvalue weighted by molar-refractivity contribution is 5.78. The molecular formula is C16H33NO3. The number of nitrogens with one attached hydrogen (secondary N) is 1. The maximum Gasteiger partial charge on any atom is 0.323 e. The van der Waals surface area contributed by atoms with Gasteiger partial charge in [0.05, 0.1) is 0 Å². The summed E-state index contributed by atoms with van der Waals surface area (Å²) >= 11 is 0. The molecule has 0 aromatic heterocycles. The highest BCUT2D eigenvalue weighted by Crippen LogP contribution is 2.14. The Labute approximate surface area is 124 Å². The number of aliphatic carboxylic acids is 1. The van der Waals surface area contributed by atoms with Crippen LogP contribution in [0.25, 0.3) is 0 Å². The highest BCUT2D eigenvalue weighted by Gasteiger charge is 2.32. The van der Waals surface area contributed by atoms with Crippen LogP contribution in [0, 0.1) is 0 Å². The molecule has 0 spiro atoms. The maximum absolute atomic E-state index is 11.3. The Morgan fingerprint density at radius 1 is 1.15 bits per heavy atom. The fraction of sp³-hybridized carbons (Fsp3) is 0.938. The van der Waals surface area contributed by atoms with Crippen LogP contribution in [0.2, 0.25) is 0 Å². The van der Waals surface area contributed by atoms with E-state index in [1.807, 2.05) is 13.8 Å². The number of carbonyl (C=O) groups is 1. The zero-order valence-corrected chi connectivity index (χ0v) is 13.7. The van der Waals surface area contributed by atoms with Crippen molar-refractivity contribution in [3.05, 3.63) is 0 Å². The Kier molecular flexibility index (Phi) is 10.8. The first-order chi connectivity index (χ1) is 9.42. The average molecular weight is 287 g/mol. The molecule has 20 heavy (non-hydrogen) atoms. The Bertz CT molecular complexity index is 256. The van der Waals surface area contributed by atoms with E-state index in [9.17, 15) is 9.90 Å². The minimum atomic E-state index is -0.849. The third kappa shape index (κ3) is 9.32. The van der Waals surface area contributed by atoms with E-state index in [0.29, 0.717) is 13.0 Å². The number of ether oxygens (including phenoxy) is 1. The van der Waals surface area contributed by atoms with Crippen LogP contribution in [0.3, 0.4) is 0 Å². The molecule has 0 aliphatic rings. The molecular weight excluding hydrogens is 254 g/mol. The van der Waals surface area contributed by atoms with Gasteiger partial charge in [0.2, 0.25) is 0 Å². The van der Waals surface area contributed by atoms with Crippen molar-refractivity contribution in [3.8, 4) is 0 Å². The van der Waals surface area contributed by atoms with Gasteiger partial charge in [-0.3, -0.25) is 10.1 Å². The van der Waals surface area contributed by atoms with Crippen LogP contribution in [-0.4, -0.2) is 35.9 Å². The molecule has 2 N–H and O–H groups in total. The van der Waals surface area contributed by atoms with Gasteiger partial charge in [-0.25, -0.2) is 0 Å². The van der Waals surface area contributed by atoms with E-state index >= 15 is 0 Å². The van der Waals surface area contributed by atoms with Crippen LogP contribution in [-0.2, 0) is 9.53 Å². The van der Waals surface area contributed by atoms with Gasteiger partial charge in [0.1, 0.15) is 5.54 Å². The maximum atomic E-state index is 11.3. The summed E-state index contributed by atoms with van der Waals surface area (Å²) in [5, 5.41) is 12.4. The van der Waals surface area contributed by atoms with Crippen LogP contribution in [0.4, 0.5) is 0 Å². The molecule has 120 valence electrons. The third-order valence-corrected chi connectivity index (χ3v) is 3.44. The summed E-state index contributed by atoms with van der Waals surface area (Å²) in [5.74, 6) is -0.786. The first kappa shape index (κ1) is 19.4. The highest BCUT2D eigenvalue weighted by atomic mass is 16.5.